The monoisotopic (exact) mass is 505 g/mol. The number of anilines is 2. The molecule has 1 amide bonds. The zero-order chi connectivity index (χ0) is 26.4. The van der Waals surface area contributed by atoms with Gasteiger partial charge in [0.1, 0.15) is 5.82 Å². The number of alkyl halides is 2. The third-order valence-electron chi connectivity index (χ3n) is 6.65. The maximum absolute atomic E-state index is 12.8. The second-order valence-corrected chi connectivity index (χ2v) is 9.33. The van der Waals surface area contributed by atoms with Crippen molar-refractivity contribution in [1.82, 2.24) is 14.3 Å². The number of amides is 1. The van der Waals surface area contributed by atoms with E-state index in [1.54, 1.807) is 17.0 Å². The van der Waals surface area contributed by atoms with Gasteiger partial charge in [0.25, 0.3) is 6.43 Å². The summed E-state index contributed by atoms with van der Waals surface area (Å²) in [7, 11) is 5.99. The lowest BCUT2D eigenvalue weighted by atomic mass is 9.97. The number of benzene rings is 2. The highest BCUT2D eigenvalue weighted by atomic mass is 19.3. The molecule has 0 saturated carbocycles. The van der Waals surface area contributed by atoms with E-state index in [1.165, 1.54) is 17.8 Å². The summed E-state index contributed by atoms with van der Waals surface area (Å²) in [6, 6.07) is 20.5. The Kier molecular flexibility index (Phi) is 8.38. The summed E-state index contributed by atoms with van der Waals surface area (Å²) in [6.07, 6.45) is 2.31. The molecule has 37 heavy (non-hydrogen) atoms. The summed E-state index contributed by atoms with van der Waals surface area (Å²) in [5, 5.41) is 3.07. The Morgan fingerprint density at radius 3 is 2.41 bits per heavy atom. The topological polar surface area (TPSA) is 52.9 Å². The van der Waals surface area contributed by atoms with E-state index in [4.69, 9.17) is 4.98 Å². The van der Waals surface area contributed by atoms with Gasteiger partial charge in [-0.3, -0.25) is 4.79 Å². The first kappa shape index (κ1) is 26.1. The predicted octanol–water partition coefficient (Wildman–Crippen LogP) is 6.07. The molecule has 0 aliphatic carbocycles. The van der Waals surface area contributed by atoms with E-state index in [0.29, 0.717) is 6.54 Å². The molecule has 0 radical (unpaired) electrons. The van der Waals surface area contributed by atoms with E-state index < -0.39 is 6.43 Å². The highest BCUT2D eigenvalue weighted by Gasteiger charge is 2.25. The fourth-order valence-corrected chi connectivity index (χ4v) is 4.59. The number of nitrogens with one attached hydrogen (secondary N) is 1. The molecule has 3 heterocycles. The third kappa shape index (κ3) is 6.07. The number of likely N-dealkylation sites (tertiary alicyclic amines) is 1. The summed E-state index contributed by atoms with van der Waals surface area (Å²) in [6.45, 7) is 1.44. The number of imidazole rings is 1. The molecule has 1 aliphatic rings. The van der Waals surface area contributed by atoms with E-state index in [-0.39, 0.29) is 11.5 Å². The molecule has 5 rings (SSSR count). The van der Waals surface area contributed by atoms with Crippen LogP contribution in [0.1, 0.15) is 36.6 Å². The van der Waals surface area contributed by atoms with Crippen LogP contribution in [-0.4, -0.2) is 54.9 Å². The Balaban J connectivity index is 0.000000245. The molecule has 1 fully saturated rings. The number of carbonyl (C=O) groups is 1. The zero-order valence-electron chi connectivity index (χ0n) is 21.4. The number of halogens is 2. The lowest BCUT2D eigenvalue weighted by molar-refractivity contribution is -0.119. The van der Waals surface area contributed by atoms with E-state index in [1.807, 2.05) is 45.5 Å². The molecular weight excluding hydrogens is 472 g/mol. The van der Waals surface area contributed by atoms with Gasteiger partial charge in [-0.05, 0) is 49.2 Å². The molecule has 6 nitrogen and oxygen atoms in total. The molecule has 1 unspecified atom stereocenters. The summed E-state index contributed by atoms with van der Waals surface area (Å²) in [5.41, 5.74) is 4.92. The van der Waals surface area contributed by atoms with Gasteiger partial charge in [0, 0.05) is 68.8 Å². The molecule has 4 aromatic rings. The number of piperidine rings is 1. The molecule has 194 valence electrons. The van der Waals surface area contributed by atoms with Gasteiger partial charge in [-0.25, -0.2) is 13.8 Å². The first-order chi connectivity index (χ1) is 17.9. The van der Waals surface area contributed by atoms with Crippen molar-refractivity contribution in [1.29, 1.82) is 0 Å². The fraction of sp³-hybridized carbons (Fsp3) is 0.310. The lowest BCUT2D eigenvalue weighted by Crippen LogP contribution is -2.33. The Bertz CT molecular complexity index is 1300. The molecule has 0 bridgehead atoms. The minimum absolute atomic E-state index is 0.00592. The predicted molar refractivity (Wildman–Crippen MR) is 146 cm³/mol. The third-order valence-corrected chi connectivity index (χ3v) is 6.65. The zero-order valence-corrected chi connectivity index (χ0v) is 21.4. The minimum Gasteiger partial charge on any atom is -0.388 e. The molecular formula is C29H33F2N5O. The quantitative estimate of drug-likeness (QED) is 0.323. The first-order valence-electron chi connectivity index (χ1n) is 12.4. The average Bonchev–Trinajstić information content (AvgIpc) is 3.33. The first-order valence-corrected chi connectivity index (χ1v) is 12.4. The van der Waals surface area contributed by atoms with Gasteiger partial charge in [-0.2, -0.15) is 0 Å². The van der Waals surface area contributed by atoms with Crippen molar-refractivity contribution < 1.29 is 13.6 Å². The average molecular weight is 506 g/mol. The molecule has 1 aliphatic heterocycles. The normalized spacial score (nSPS) is 15.3. The van der Waals surface area contributed by atoms with Crippen molar-refractivity contribution in [3.8, 4) is 11.3 Å². The largest absolute Gasteiger partial charge is 0.388 e. The van der Waals surface area contributed by atoms with Gasteiger partial charge < -0.3 is 19.5 Å². The molecule has 8 heteroatoms. The van der Waals surface area contributed by atoms with Gasteiger partial charge in [-0.1, -0.05) is 30.3 Å². The number of fused-ring (bicyclic) bond motifs is 1. The van der Waals surface area contributed by atoms with Crippen LogP contribution in [0.3, 0.4) is 0 Å². The Morgan fingerprint density at radius 1 is 1.05 bits per heavy atom. The van der Waals surface area contributed by atoms with E-state index in [2.05, 4.69) is 38.9 Å². The summed E-state index contributed by atoms with van der Waals surface area (Å²) >= 11 is 0. The number of nitrogens with zero attached hydrogens (tertiary/aromatic N) is 4. The number of carbonyl (C=O) groups excluding carboxylic acids is 1. The van der Waals surface area contributed by atoms with Crippen LogP contribution in [0, 0.1) is 0 Å². The number of hydrogen-bond donors (Lipinski definition) is 1. The molecule has 1 N–H and O–H groups in total. The van der Waals surface area contributed by atoms with Crippen LogP contribution in [0.4, 0.5) is 20.2 Å². The highest BCUT2D eigenvalue weighted by Crippen LogP contribution is 2.32. The highest BCUT2D eigenvalue weighted by molar-refractivity contribution is 5.78. The van der Waals surface area contributed by atoms with Crippen LogP contribution in [0.2, 0.25) is 0 Å². The van der Waals surface area contributed by atoms with Crippen LogP contribution < -0.4 is 10.2 Å². The number of hydrogen-bond acceptors (Lipinski definition) is 4. The summed E-state index contributed by atoms with van der Waals surface area (Å²) < 4.78 is 27.7. The van der Waals surface area contributed by atoms with Crippen LogP contribution in [-0.2, 0) is 4.79 Å². The molecule has 1 saturated heterocycles. The van der Waals surface area contributed by atoms with Crippen LogP contribution >= 0.6 is 0 Å². The standard InChI is InChI=1S/C20H19F2N3O.C9H14N2/c21-19(22)15-8-6-14(7-9-15)18-17-5-1-2-11-25(17)20(23-18)16-4-3-10-24(12-16)13-26;1-10-8-4-6-9(7-5-8)11(2)3/h1-2,5-9,11,13,16,19H,3-4,10,12H2;4-7,10H,1-3H3. The van der Waals surface area contributed by atoms with Gasteiger partial charge in [0.15, 0.2) is 0 Å². The summed E-state index contributed by atoms with van der Waals surface area (Å²) in [5.74, 6) is 1.08. The van der Waals surface area contributed by atoms with Crippen LogP contribution in [0.5, 0.6) is 0 Å². The SMILES string of the molecule is CNc1ccc(N(C)C)cc1.O=CN1CCCC(c2nc(-c3ccc(C(F)F)cc3)c3ccccn23)C1. The number of aromatic nitrogens is 2. The Morgan fingerprint density at radius 2 is 1.78 bits per heavy atom. The van der Waals surface area contributed by atoms with Crippen molar-refractivity contribution in [2.75, 3.05) is 44.4 Å². The van der Waals surface area contributed by atoms with Gasteiger partial charge in [0.2, 0.25) is 6.41 Å². The molecule has 2 aromatic heterocycles. The van der Waals surface area contributed by atoms with Gasteiger partial charge in [-0.15, -0.1) is 0 Å². The Labute approximate surface area is 216 Å². The van der Waals surface area contributed by atoms with E-state index in [0.717, 1.165) is 54.1 Å². The van der Waals surface area contributed by atoms with Crippen LogP contribution in [0.15, 0.2) is 72.9 Å². The molecule has 0 spiro atoms. The van der Waals surface area contributed by atoms with Crippen molar-refractivity contribution in [2.24, 2.45) is 0 Å². The van der Waals surface area contributed by atoms with E-state index in [9.17, 15) is 13.6 Å². The maximum Gasteiger partial charge on any atom is 0.263 e. The van der Waals surface area contributed by atoms with Crippen molar-refractivity contribution in [3.05, 3.63) is 84.3 Å². The molecule has 2 aromatic carbocycles. The second kappa shape index (κ2) is 11.9. The Hall–Kier alpha value is -3.94. The van der Waals surface area contributed by atoms with Crippen molar-refractivity contribution >= 4 is 23.3 Å². The van der Waals surface area contributed by atoms with Gasteiger partial charge >= 0.3 is 0 Å². The summed E-state index contributed by atoms with van der Waals surface area (Å²) in [4.78, 5) is 19.9. The smallest absolute Gasteiger partial charge is 0.263 e. The fourth-order valence-electron chi connectivity index (χ4n) is 4.59. The van der Waals surface area contributed by atoms with Crippen LogP contribution in [0.25, 0.3) is 16.8 Å². The van der Waals surface area contributed by atoms with Crippen molar-refractivity contribution in [2.45, 2.75) is 25.2 Å². The van der Waals surface area contributed by atoms with Gasteiger partial charge in [0.05, 0.1) is 11.2 Å². The lowest BCUT2D eigenvalue weighted by Gasteiger charge is -2.29. The number of pyridine rings is 1. The van der Waals surface area contributed by atoms with E-state index >= 15 is 0 Å². The minimum atomic E-state index is -2.48. The molecule has 1 atom stereocenters. The maximum atomic E-state index is 12.8. The number of rotatable bonds is 6. The van der Waals surface area contributed by atoms with Crippen molar-refractivity contribution in [3.63, 3.8) is 0 Å². The second-order valence-electron chi connectivity index (χ2n) is 9.33.